The lowest BCUT2D eigenvalue weighted by Gasteiger charge is -2.18. The molecule has 18 heavy (non-hydrogen) atoms. The molecule has 0 aliphatic rings. The van der Waals surface area contributed by atoms with E-state index in [-0.39, 0.29) is 18.0 Å². The predicted molar refractivity (Wildman–Crippen MR) is 73.6 cm³/mol. The Morgan fingerprint density at radius 2 is 1.94 bits per heavy atom. The zero-order valence-corrected chi connectivity index (χ0v) is 11.5. The van der Waals surface area contributed by atoms with Crippen molar-refractivity contribution in [1.29, 1.82) is 0 Å². The van der Waals surface area contributed by atoms with Crippen LogP contribution >= 0.6 is 0 Å². The maximum atomic E-state index is 12.3. The van der Waals surface area contributed by atoms with Crippen LogP contribution in [0.4, 0.5) is 0 Å². The Hall–Kier alpha value is -1.57. The molecule has 0 amide bonds. The molecule has 4 heteroatoms. The topological polar surface area (TPSA) is 37.4 Å². The molecule has 1 aromatic carbocycles. The molecule has 0 aliphatic heterocycles. The quantitative estimate of drug-likeness (QED) is 0.603. The first-order valence-electron chi connectivity index (χ1n) is 5.59. The van der Waals surface area contributed by atoms with Gasteiger partial charge in [-0.05, 0) is 26.0 Å². The van der Waals surface area contributed by atoms with Gasteiger partial charge in [0.25, 0.3) is 0 Å². The second-order valence-corrected chi connectivity index (χ2v) is 5.76. The Morgan fingerprint density at radius 3 is 2.44 bits per heavy atom. The molecule has 96 valence electrons. The van der Waals surface area contributed by atoms with Crippen LogP contribution in [-0.4, -0.2) is 25.8 Å². The monoisotopic (exact) mass is 263 g/mol. The number of rotatable bonds is 5. The summed E-state index contributed by atoms with van der Waals surface area (Å²) in [4.78, 5) is 0.285. The Morgan fingerprint density at radius 1 is 1.33 bits per heavy atom. The van der Waals surface area contributed by atoms with Crippen LogP contribution < -0.4 is 0 Å². The van der Waals surface area contributed by atoms with Gasteiger partial charge in [0.15, 0.2) is 0 Å². The van der Waals surface area contributed by atoms with Gasteiger partial charge < -0.3 is 0 Å². The van der Waals surface area contributed by atoms with E-state index < -0.39 is 10.0 Å². The first-order valence-corrected chi connectivity index (χ1v) is 7.03. The van der Waals surface area contributed by atoms with Crippen LogP contribution in [0.2, 0.25) is 0 Å². The lowest BCUT2D eigenvalue weighted by Crippen LogP contribution is -2.31. The van der Waals surface area contributed by atoms with Gasteiger partial charge in [0.2, 0.25) is 10.0 Å². The molecule has 0 aliphatic carbocycles. The molecule has 1 rings (SSSR count). The fourth-order valence-corrected chi connectivity index (χ4v) is 2.73. The molecule has 0 heterocycles. The van der Waals surface area contributed by atoms with Crippen molar-refractivity contribution >= 4 is 10.0 Å². The summed E-state index contributed by atoms with van der Waals surface area (Å²) in [5.41, 5.74) is 1.03. The molecule has 0 radical (unpaired) electrons. The number of hydrogen-bond acceptors (Lipinski definition) is 2. The summed E-state index contributed by atoms with van der Waals surface area (Å²) in [5.74, 6) is 5.47. The first kappa shape index (κ1) is 14.5. The summed E-state index contributed by atoms with van der Waals surface area (Å²) in [5, 5.41) is 0. The van der Waals surface area contributed by atoms with Gasteiger partial charge >= 0.3 is 0 Å². The minimum absolute atomic E-state index is 0.179. The standard InChI is InChI=1S/C14H17NO2S/c1-4-6-12-15(11-5-2)18(16,17)14-9-7-13(3)8-10-14/h5,7-10H,2,11-12H2,1,3H3. The van der Waals surface area contributed by atoms with Gasteiger partial charge in [-0.2, -0.15) is 4.31 Å². The Balaban J connectivity index is 3.10. The smallest absolute Gasteiger partial charge is 0.207 e. The van der Waals surface area contributed by atoms with Crippen LogP contribution in [0.25, 0.3) is 0 Å². The van der Waals surface area contributed by atoms with Crippen LogP contribution in [0, 0.1) is 18.8 Å². The molecule has 0 aromatic heterocycles. The SMILES string of the molecule is C=CCN(CC#CC)S(=O)(=O)c1ccc(C)cc1. The fraction of sp³-hybridized carbons (Fsp3) is 0.286. The zero-order chi connectivity index (χ0) is 13.6. The van der Waals surface area contributed by atoms with E-state index in [4.69, 9.17) is 0 Å². The highest BCUT2D eigenvalue weighted by atomic mass is 32.2. The average molecular weight is 263 g/mol. The highest BCUT2D eigenvalue weighted by molar-refractivity contribution is 7.89. The molecule has 0 fully saturated rings. The molecule has 0 bridgehead atoms. The Labute approximate surface area is 109 Å². The average Bonchev–Trinajstić information content (AvgIpc) is 2.35. The lowest BCUT2D eigenvalue weighted by atomic mass is 10.2. The van der Waals surface area contributed by atoms with Crippen LogP contribution in [0.1, 0.15) is 12.5 Å². The molecule has 0 N–H and O–H groups in total. The summed E-state index contributed by atoms with van der Waals surface area (Å²) in [6, 6.07) is 6.79. The molecule has 0 spiro atoms. The summed E-state index contributed by atoms with van der Waals surface area (Å²) in [7, 11) is -3.49. The van der Waals surface area contributed by atoms with Crippen LogP contribution in [0.3, 0.4) is 0 Å². The number of hydrogen-bond donors (Lipinski definition) is 0. The van der Waals surface area contributed by atoms with E-state index in [0.717, 1.165) is 5.56 Å². The van der Waals surface area contributed by atoms with E-state index in [1.54, 1.807) is 37.3 Å². The summed E-state index contributed by atoms with van der Waals surface area (Å²) >= 11 is 0. The highest BCUT2D eigenvalue weighted by Crippen LogP contribution is 2.15. The third-order valence-electron chi connectivity index (χ3n) is 2.42. The number of aryl methyl sites for hydroxylation is 1. The van der Waals surface area contributed by atoms with Crippen LogP contribution in [0.15, 0.2) is 41.8 Å². The lowest BCUT2D eigenvalue weighted by molar-refractivity contribution is 0.478. The molecule has 0 saturated carbocycles. The maximum Gasteiger partial charge on any atom is 0.244 e. The molecule has 3 nitrogen and oxygen atoms in total. The van der Waals surface area contributed by atoms with E-state index in [2.05, 4.69) is 18.4 Å². The zero-order valence-electron chi connectivity index (χ0n) is 10.7. The molecular weight excluding hydrogens is 246 g/mol. The van der Waals surface area contributed by atoms with Gasteiger partial charge in [0.1, 0.15) is 0 Å². The van der Waals surface area contributed by atoms with Crippen molar-refractivity contribution in [3.05, 3.63) is 42.5 Å². The third kappa shape index (κ3) is 3.46. The number of sulfonamides is 1. The Bertz CT molecular complexity index is 562. The van der Waals surface area contributed by atoms with Gasteiger partial charge in [-0.1, -0.05) is 29.7 Å². The highest BCUT2D eigenvalue weighted by Gasteiger charge is 2.22. The van der Waals surface area contributed by atoms with Crippen LogP contribution in [0.5, 0.6) is 0 Å². The Kier molecular flexibility index (Phi) is 5.14. The molecule has 0 atom stereocenters. The van der Waals surface area contributed by atoms with Crippen molar-refractivity contribution in [3.8, 4) is 11.8 Å². The van der Waals surface area contributed by atoms with Gasteiger partial charge in [-0.25, -0.2) is 8.42 Å². The summed E-state index contributed by atoms with van der Waals surface area (Å²) in [6.07, 6.45) is 1.56. The van der Waals surface area contributed by atoms with Crippen molar-refractivity contribution in [2.75, 3.05) is 13.1 Å². The third-order valence-corrected chi connectivity index (χ3v) is 4.25. The van der Waals surface area contributed by atoms with Crippen molar-refractivity contribution < 1.29 is 8.42 Å². The van der Waals surface area contributed by atoms with Gasteiger partial charge in [-0.15, -0.1) is 12.5 Å². The number of nitrogens with zero attached hydrogens (tertiary/aromatic N) is 1. The van der Waals surface area contributed by atoms with Crippen molar-refractivity contribution in [1.82, 2.24) is 4.31 Å². The van der Waals surface area contributed by atoms with E-state index in [0.29, 0.717) is 0 Å². The largest absolute Gasteiger partial charge is 0.244 e. The second-order valence-electron chi connectivity index (χ2n) is 3.83. The van der Waals surface area contributed by atoms with Gasteiger partial charge in [0, 0.05) is 6.54 Å². The fourth-order valence-electron chi connectivity index (χ4n) is 1.42. The molecular formula is C14H17NO2S. The minimum Gasteiger partial charge on any atom is -0.207 e. The van der Waals surface area contributed by atoms with Crippen molar-refractivity contribution in [2.45, 2.75) is 18.7 Å². The first-order chi connectivity index (χ1) is 8.52. The van der Waals surface area contributed by atoms with Crippen LogP contribution in [-0.2, 0) is 10.0 Å². The van der Waals surface area contributed by atoms with E-state index in [1.165, 1.54) is 4.31 Å². The van der Waals surface area contributed by atoms with Crippen molar-refractivity contribution in [3.63, 3.8) is 0 Å². The summed E-state index contributed by atoms with van der Waals surface area (Å²) in [6.45, 7) is 7.61. The maximum absolute atomic E-state index is 12.3. The molecule has 0 unspecified atom stereocenters. The van der Waals surface area contributed by atoms with E-state index >= 15 is 0 Å². The predicted octanol–water partition coefficient (Wildman–Crippen LogP) is 2.20. The van der Waals surface area contributed by atoms with E-state index in [1.807, 2.05) is 6.92 Å². The summed E-state index contributed by atoms with van der Waals surface area (Å²) < 4.78 is 26.0. The van der Waals surface area contributed by atoms with E-state index in [9.17, 15) is 8.42 Å². The normalized spacial score (nSPS) is 10.8. The molecule has 1 aromatic rings. The van der Waals surface area contributed by atoms with Gasteiger partial charge in [0.05, 0.1) is 11.4 Å². The molecule has 0 saturated heterocycles. The number of benzene rings is 1. The second kappa shape index (κ2) is 6.39. The van der Waals surface area contributed by atoms with Gasteiger partial charge in [-0.3, -0.25) is 0 Å². The van der Waals surface area contributed by atoms with Crippen molar-refractivity contribution in [2.24, 2.45) is 0 Å². The minimum atomic E-state index is -3.49.